The summed E-state index contributed by atoms with van der Waals surface area (Å²) < 4.78 is 5.70. The Kier molecular flexibility index (Phi) is 4.87. The zero-order valence-electron chi connectivity index (χ0n) is 14.1. The van der Waals surface area contributed by atoms with Gasteiger partial charge in [-0.1, -0.05) is 6.07 Å². The number of hydrogen-bond acceptors (Lipinski definition) is 6. The number of aryl methyl sites for hydroxylation is 1. The number of hydrogen-bond donors (Lipinski definition) is 2. The zero-order valence-corrected chi connectivity index (χ0v) is 14.9. The highest BCUT2D eigenvalue weighted by atomic mass is 32.2. The number of amides is 3. The van der Waals surface area contributed by atoms with Gasteiger partial charge in [0.2, 0.25) is 5.91 Å². The first-order valence-electron chi connectivity index (χ1n) is 7.74. The van der Waals surface area contributed by atoms with Crippen LogP contribution in [0.1, 0.15) is 21.7 Å². The number of imide groups is 1. The van der Waals surface area contributed by atoms with Gasteiger partial charge in [0.05, 0.1) is 10.5 Å². The number of benzene rings is 1. The van der Waals surface area contributed by atoms with E-state index in [4.69, 9.17) is 15.3 Å². The van der Waals surface area contributed by atoms with Crippen LogP contribution < -0.4 is 5.73 Å². The van der Waals surface area contributed by atoms with Crippen molar-refractivity contribution in [2.45, 2.75) is 6.92 Å². The quantitative estimate of drug-likeness (QED) is 0.755. The van der Waals surface area contributed by atoms with Crippen molar-refractivity contribution in [2.24, 2.45) is 5.73 Å². The lowest BCUT2D eigenvalue weighted by molar-refractivity contribution is -0.127. The maximum absolute atomic E-state index is 12.2. The average Bonchev–Trinajstić information content (AvgIpc) is 3.15. The molecule has 3 rings (SSSR count). The van der Waals surface area contributed by atoms with E-state index in [-0.39, 0.29) is 10.5 Å². The molecule has 0 atom stereocenters. The minimum Gasteiger partial charge on any atom is -0.478 e. The van der Waals surface area contributed by atoms with Crippen LogP contribution in [-0.2, 0) is 9.59 Å². The van der Waals surface area contributed by atoms with Gasteiger partial charge in [-0.05, 0) is 48.5 Å². The summed E-state index contributed by atoms with van der Waals surface area (Å²) in [6, 6.07) is 7.96. The highest BCUT2D eigenvalue weighted by Gasteiger charge is 2.36. The van der Waals surface area contributed by atoms with Crippen LogP contribution in [0.3, 0.4) is 0 Å². The van der Waals surface area contributed by atoms with Gasteiger partial charge in [-0.25, -0.2) is 4.79 Å². The molecule has 0 aliphatic carbocycles. The predicted octanol–water partition coefficient (Wildman–Crippen LogP) is 2.47. The summed E-state index contributed by atoms with van der Waals surface area (Å²) in [6.45, 7) is 1.29. The Morgan fingerprint density at radius 1 is 1.26 bits per heavy atom. The van der Waals surface area contributed by atoms with E-state index in [9.17, 15) is 19.2 Å². The lowest BCUT2D eigenvalue weighted by Gasteiger charge is -2.08. The molecule has 9 heteroatoms. The van der Waals surface area contributed by atoms with E-state index in [1.54, 1.807) is 25.1 Å². The molecule has 1 saturated heterocycles. The number of aromatic carboxylic acids is 1. The first-order valence-corrected chi connectivity index (χ1v) is 8.55. The van der Waals surface area contributed by atoms with Crippen molar-refractivity contribution in [2.75, 3.05) is 6.54 Å². The summed E-state index contributed by atoms with van der Waals surface area (Å²) in [5, 5.41) is 8.46. The Labute approximate surface area is 157 Å². The standard InChI is InChI=1S/C18H14N2O6S/c1-9-6-10(17(23)24)2-4-12(9)13-5-3-11(26-13)7-14-16(22)20(8-15(19)21)18(25)27-14/h2-7H,8H2,1H3,(H2,19,21)(H,23,24)/b14-7-. The molecule has 3 N–H and O–H groups in total. The second kappa shape index (κ2) is 7.12. The minimum absolute atomic E-state index is 0.125. The smallest absolute Gasteiger partial charge is 0.335 e. The van der Waals surface area contributed by atoms with Gasteiger partial charge in [0.15, 0.2) is 0 Å². The van der Waals surface area contributed by atoms with Crippen LogP contribution in [0.25, 0.3) is 17.4 Å². The highest BCUT2D eigenvalue weighted by molar-refractivity contribution is 8.18. The van der Waals surface area contributed by atoms with E-state index in [0.29, 0.717) is 28.8 Å². The van der Waals surface area contributed by atoms with Gasteiger partial charge in [-0.15, -0.1) is 0 Å². The topological polar surface area (TPSA) is 131 Å². The molecule has 0 spiro atoms. The fourth-order valence-electron chi connectivity index (χ4n) is 2.57. The van der Waals surface area contributed by atoms with Crippen LogP contribution in [0.15, 0.2) is 39.7 Å². The summed E-state index contributed by atoms with van der Waals surface area (Å²) in [6.07, 6.45) is 1.41. The van der Waals surface area contributed by atoms with E-state index in [1.165, 1.54) is 18.2 Å². The molecular weight excluding hydrogens is 372 g/mol. The molecule has 1 aliphatic rings. The zero-order chi connectivity index (χ0) is 19.7. The molecule has 8 nitrogen and oxygen atoms in total. The molecule has 0 unspecified atom stereocenters. The van der Waals surface area contributed by atoms with Crippen LogP contribution in [0.4, 0.5) is 4.79 Å². The molecule has 0 saturated carbocycles. The number of carbonyl (C=O) groups excluding carboxylic acids is 3. The number of carbonyl (C=O) groups is 4. The number of furan rings is 1. The minimum atomic E-state index is -1.02. The summed E-state index contributed by atoms with van der Waals surface area (Å²) in [4.78, 5) is 46.9. The third-order valence-electron chi connectivity index (χ3n) is 3.83. The average molecular weight is 386 g/mol. The number of thioether (sulfide) groups is 1. The molecule has 138 valence electrons. The Morgan fingerprint density at radius 3 is 2.63 bits per heavy atom. The van der Waals surface area contributed by atoms with Gasteiger partial charge in [0, 0.05) is 11.6 Å². The molecular formula is C18H14N2O6S. The van der Waals surface area contributed by atoms with E-state index in [2.05, 4.69) is 0 Å². The number of rotatable bonds is 5. The summed E-state index contributed by atoms with van der Waals surface area (Å²) in [5.74, 6) is -1.57. The molecule has 1 aromatic heterocycles. The van der Waals surface area contributed by atoms with Crippen molar-refractivity contribution in [3.8, 4) is 11.3 Å². The largest absolute Gasteiger partial charge is 0.478 e. The molecule has 0 bridgehead atoms. The van der Waals surface area contributed by atoms with Gasteiger partial charge >= 0.3 is 5.97 Å². The van der Waals surface area contributed by atoms with E-state index < -0.39 is 29.6 Å². The Balaban J connectivity index is 1.86. The summed E-state index contributed by atoms with van der Waals surface area (Å²) >= 11 is 0.697. The van der Waals surface area contributed by atoms with Gasteiger partial charge in [-0.2, -0.15) is 0 Å². The van der Waals surface area contributed by atoms with Crippen LogP contribution in [0.5, 0.6) is 0 Å². The predicted molar refractivity (Wildman–Crippen MR) is 97.7 cm³/mol. The third-order valence-corrected chi connectivity index (χ3v) is 4.73. The lowest BCUT2D eigenvalue weighted by Crippen LogP contribution is -2.36. The molecule has 2 heterocycles. The fourth-order valence-corrected chi connectivity index (χ4v) is 3.39. The molecule has 0 radical (unpaired) electrons. The van der Waals surface area contributed by atoms with Crippen LogP contribution in [0, 0.1) is 6.92 Å². The number of carboxylic acids is 1. The fraction of sp³-hybridized carbons (Fsp3) is 0.111. The van der Waals surface area contributed by atoms with Crippen molar-refractivity contribution in [3.05, 3.63) is 52.1 Å². The second-order valence-corrected chi connectivity index (χ2v) is 6.76. The van der Waals surface area contributed by atoms with Crippen molar-refractivity contribution in [3.63, 3.8) is 0 Å². The maximum Gasteiger partial charge on any atom is 0.335 e. The first kappa shape index (κ1) is 18.5. The second-order valence-electron chi connectivity index (χ2n) is 5.77. The molecule has 3 amide bonds. The monoisotopic (exact) mass is 386 g/mol. The Morgan fingerprint density at radius 2 is 2.00 bits per heavy atom. The molecule has 27 heavy (non-hydrogen) atoms. The number of carboxylic acid groups (broad SMARTS) is 1. The number of nitrogens with two attached hydrogens (primary N) is 1. The van der Waals surface area contributed by atoms with Crippen molar-refractivity contribution in [1.82, 2.24) is 4.90 Å². The Hall–Kier alpha value is -3.33. The first-order chi connectivity index (χ1) is 12.8. The van der Waals surface area contributed by atoms with Crippen molar-refractivity contribution in [1.29, 1.82) is 0 Å². The van der Waals surface area contributed by atoms with Crippen molar-refractivity contribution >= 4 is 40.9 Å². The van der Waals surface area contributed by atoms with Crippen molar-refractivity contribution < 1.29 is 28.7 Å². The normalized spacial score (nSPS) is 15.6. The number of primary amides is 1. The number of nitrogens with zero attached hydrogens (tertiary/aromatic N) is 1. The van der Waals surface area contributed by atoms with Gasteiger partial charge in [0.1, 0.15) is 18.1 Å². The van der Waals surface area contributed by atoms with E-state index >= 15 is 0 Å². The molecule has 2 aromatic rings. The summed E-state index contributed by atoms with van der Waals surface area (Å²) in [5.41, 5.74) is 6.64. The van der Waals surface area contributed by atoms with E-state index in [0.717, 1.165) is 10.5 Å². The van der Waals surface area contributed by atoms with Gasteiger partial charge in [0.25, 0.3) is 11.1 Å². The highest BCUT2D eigenvalue weighted by Crippen LogP contribution is 2.33. The van der Waals surface area contributed by atoms with E-state index in [1.807, 2.05) is 0 Å². The maximum atomic E-state index is 12.2. The van der Waals surface area contributed by atoms with Crippen LogP contribution in [-0.4, -0.2) is 39.6 Å². The molecule has 1 aliphatic heterocycles. The van der Waals surface area contributed by atoms with Gasteiger partial charge in [-0.3, -0.25) is 19.3 Å². The van der Waals surface area contributed by atoms with Gasteiger partial charge < -0.3 is 15.3 Å². The lowest BCUT2D eigenvalue weighted by atomic mass is 10.0. The molecule has 1 aromatic carbocycles. The van der Waals surface area contributed by atoms with Crippen LogP contribution >= 0.6 is 11.8 Å². The Bertz CT molecular complexity index is 1010. The van der Waals surface area contributed by atoms with Crippen LogP contribution in [0.2, 0.25) is 0 Å². The molecule has 1 fully saturated rings. The SMILES string of the molecule is Cc1cc(C(=O)O)ccc1-c1ccc(/C=C2\SC(=O)N(CC(N)=O)C2=O)o1. The third kappa shape index (κ3) is 3.77. The summed E-state index contributed by atoms with van der Waals surface area (Å²) in [7, 11) is 0.